The van der Waals surface area contributed by atoms with Crippen LogP contribution in [0.2, 0.25) is 0 Å². The highest BCUT2D eigenvalue weighted by atomic mass is 79.9. The monoisotopic (exact) mass is 391 g/mol. The molecule has 130 valence electrons. The first-order valence-electron chi connectivity index (χ1n) is 9.08. The van der Waals surface area contributed by atoms with E-state index >= 15 is 0 Å². The number of aliphatic imine (C=N–C) groups is 2. The zero-order chi connectivity index (χ0) is 16.9. The normalized spacial score (nSPS) is 41.1. The Morgan fingerprint density at radius 1 is 1.33 bits per heavy atom. The Kier molecular flexibility index (Phi) is 4.00. The fourth-order valence-electron chi connectivity index (χ4n) is 5.03. The van der Waals surface area contributed by atoms with E-state index < -0.39 is 5.66 Å². The molecule has 2 spiro atoms. The number of allylic oxidation sites excluding steroid dienone is 2. The molecule has 0 amide bonds. The molecular formula is C19H26BrN3O. The van der Waals surface area contributed by atoms with Gasteiger partial charge in [-0.1, -0.05) is 22.0 Å². The summed E-state index contributed by atoms with van der Waals surface area (Å²) in [6.07, 6.45) is 12.0. The first-order chi connectivity index (χ1) is 11.5. The number of fused-ring (bicyclic) bond motifs is 2. The van der Waals surface area contributed by atoms with Crippen molar-refractivity contribution in [3.05, 3.63) is 22.2 Å². The van der Waals surface area contributed by atoms with Crippen molar-refractivity contribution in [3.63, 3.8) is 0 Å². The van der Waals surface area contributed by atoms with Gasteiger partial charge < -0.3 is 10.5 Å². The first kappa shape index (κ1) is 16.5. The van der Waals surface area contributed by atoms with Crippen molar-refractivity contribution in [1.29, 1.82) is 0 Å². The van der Waals surface area contributed by atoms with Crippen molar-refractivity contribution in [1.82, 2.24) is 0 Å². The van der Waals surface area contributed by atoms with E-state index in [0.29, 0.717) is 23.3 Å². The van der Waals surface area contributed by atoms with E-state index in [2.05, 4.69) is 35.0 Å². The Hall–Kier alpha value is -0.940. The van der Waals surface area contributed by atoms with Gasteiger partial charge in [-0.05, 0) is 67.5 Å². The van der Waals surface area contributed by atoms with E-state index in [1.54, 1.807) is 0 Å². The zero-order valence-electron chi connectivity index (χ0n) is 14.5. The van der Waals surface area contributed by atoms with Crippen LogP contribution in [0.4, 0.5) is 0 Å². The average molecular weight is 392 g/mol. The van der Waals surface area contributed by atoms with Gasteiger partial charge in [-0.25, -0.2) is 4.99 Å². The van der Waals surface area contributed by atoms with Crippen molar-refractivity contribution >= 4 is 27.5 Å². The van der Waals surface area contributed by atoms with Crippen molar-refractivity contribution in [2.75, 3.05) is 6.61 Å². The minimum atomic E-state index is -0.409. The third kappa shape index (κ3) is 2.60. The molecule has 2 unspecified atom stereocenters. The molecule has 0 radical (unpaired) electrons. The zero-order valence-corrected chi connectivity index (χ0v) is 16.1. The van der Waals surface area contributed by atoms with E-state index in [1.807, 2.05) is 6.92 Å². The molecule has 2 atom stereocenters. The molecule has 0 aromatic heterocycles. The summed E-state index contributed by atoms with van der Waals surface area (Å²) in [6, 6.07) is 0. The molecule has 24 heavy (non-hydrogen) atoms. The van der Waals surface area contributed by atoms with Gasteiger partial charge in [0.05, 0.1) is 11.8 Å². The van der Waals surface area contributed by atoms with Crippen LogP contribution in [-0.2, 0) is 4.74 Å². The number of nitrogens with zero attached hydrogens (tertiary/aromatic N) is 2. The van der Waals surface area contributed by atoms with E-state index in [9.17, 15) is 0 Å². The average Bonchev–Trinajstić information content (AvgIpc) is 3.01. The summed E-state index contributed by atoms with van der Waals surface area (Å²) in [5.41, 5.74) is 8.26. The number of hydrogen-bond acceptors (Lipinski definition) is 4. The smallest absolute Gasteiger partial charge is 0.164 e. The quantitative estimate of drug-likeness (QED) is 0.769. The van der Waals surface area contributed by atoms with Crippen LogP contribution in [0.5, 0.6) is 0 Å². The number of halogens is 1. The summed E-state index contributed by atoms with van der Waals surface area (Å²) in [4.78, 5) is 9.76. The summed E-state index contributed by atoms with van der Waals surface area (Å²) < 4.78 is 7.02. The van der Waals surface area contributed by atoms with Crippen LogP contribution in [0.1, 0.15) is 52.4 Å². The molecule has 5 heteroatoms. The molecule has 4 nitrogen and oxygen atoms in total. The molecule has 0 saturated heterocycles. The molecule has 3 aliphatic carbocycles. The fraction of sp³-hybridized carbons (Fsp3) is 0.684. The number of amidine groups is 1. The lowest BCUT2D eigenvalue weighted by atomic mass is 9.70. The third-order valence-electron chi connectivity index (χ3n) is 6.17. The lowest BCUT2D eigenvalue weighted by molar-refractivity contribution is 0.0103. The number of nitrogens with two attached hydrogens (primary N) is 1. The maximum absolute atomic E-state index is 6.08. The fourth-order valence-corrected chi connectivity index (χ4v) is 5.70. The van der Waals surface area contributed by atoms with Gasteiger partial charge in [-0.15, -0.1) is 0 Å². The Bertz CT molecular complexity index is 650. The summed E-state index contributed by atoms with van der Waals surface area (Å²) in [5, 5.41) is 0. The Morgan fingerprint density at radius 2 is 2.08 bits per heavy atom. The maximum atomic E-state index is 6.08. The van der Waals surface area contributed by atoms with Crippen molar-refractivity contribution in [3.8, 4) is 0 Å². The van der Waals surface area contributed by atoms with Crippen LogP contribution in [0.3, 0.4) is 0 Å². The minimum absolute atomic E-state index is 0.297. The lowest BCUT2D eigenvalue weighted by Crippen LogP contribution is -2.37. The van der Waals surface area contributed by atoms with Gasteiger partial charge in [0.1, 0.15) is 5.84 Å². The van der Waals surface area contributed by atoms with Crippen molar-refractivity contribution in [2.45, 2.75) is 64.1 Å². The van der Waals surface area contributed by atoms with Crippen LogP contribution >= 0.6 is 15.9 Å². The Labute approximate surface area is 152 Å². The minimum Gasteiger partial charge on any atom is -0.382 e. The molecular weight excluding hydrogens is 366 g/mol. The molecule has 1 fully saturated rings. The van der Waals surface area contributed by atoms with Gasteiger partial charge in [0.15, 0.2) is 5.66 Å². The van der Waals surface area contributed by atoms with Crippen LogP contribution < -0.4 is 5.73 Å². The molecule has 1 saturated carbocycles. The molecule has 1 aliphatic heterocycles. The van der Waals surface area contributed by atoms with E-state index in [4.69, 9.17) is 20.5 Å². The number of ether oxygens (including phenoxy) is 1. The third-order valence-corrected chi connectivity index (χ3v) is 6.68. The molecule has 4 aliphatic rings. The van der Waals surface area contributed by atoms with E-state index in [1.165, 1.54) is 22.9 Å². The van der Waals surface area contributed by atoms with Crippen LogP contribution in [0.15, 0.2) is 32.2 Å². The van der Waals surface area contributed by atoms with Gasteiger partial charge in [-0.2, -0.15) is 0 Å². The van der Waals surface area contributed by atoms with Crippen molar-refractivity contribution < 1.29 is 4.74 Å². The topological polar surface area (TPSA) is 60.0 Å². The van der Waals surface area contributed by atoms with Gasteiger partial charge in [0, 0.05) is 18.9 Å². The number of rotatable bonds is 2. The highest BCUT2D eigenvalue weighted by molar-refractivity contribution is 9.11. The summed E-state index contributed by atoms with van der Waals surface area (Å²) in [6.45, 7) is 4.88. The standard InChI is InChI=1S/C19H26BrN3O/c1-3-24-15-4-6-18(7-5-15)9-13-8-14(20)10-19(16(13)11-18)22-12(2)17(21)23-19/h8-9,15-16H,3-7,10-11H2,1-2H3,(H2,21,23). The van der Waals surface area contributed by atoms with Crippen LogP contribution in [-0.4, -0.2) is 29.9 Å². The van der Waals surface area contributed by atoms with Crippen molar-refractivity contribution in [2.24, 2.45) is 27.1 Å². The Balaban J connectivity index is 1.62. The highest BCUT2D eigenvalue weighted by Crippen LogP contribution is 2.58. The molecule has 2 N–H and O–H groups in total. The highest BCUT2D eigenvalue weighted by Gasteiger charge is 2.53. The van der Waals surface area contributed by atoms with E-state index in [-0.39, 0.29) is 0 Å². The molecule has 0 bridgehead atoms. The summed E-state index contributed by atoms with van der Waals surface area (Å²) in [7, 11) is 0. The summed E-state index contributed by atoms with van der Waals surface area (Å²) in [5.74, 6) is 0.969. The molecule has 4 rings (SSSR count). The second-order valence-corrected chi connectivity index (χ2v) is 8.78. The second-order valence-electron chi connectivity index (χ2n) is 7.76. The summed E-state index contributed by atoms with van der Waals surface area (Å²) >= 11 is 3.71. The van der Waals surface area contributed by atoms with Gasteiger partial charge in [0.25, 0.3) is 0 Å². The predicted molar refractivity (Wildman–Crippen MR) is 102 cm³/mol. The molecule has 0 aromatic rings. The van der Waals surface area contributed by atoms with Crippen LogP contribution in [0.25, 0.3) is 0 Å². The predicted octanol–water partition coefficient (Wildman–Crippen LogP) is 4.11. The van der Waals surface area contributed by atoms with E-state index in [0.717, 1.165) is 38.0 Å². The Morgan fingerprint density at radius 3 is 2.71 bits per heavy atom. The molecule has 1 heterocycles. The SMILES string of the molecule is CCOC1CCC2(C=C3C=C(Br)CC4(N=C(C)C(N)=N4)C3C2)CC1. The first-order valence-corrected chi connectivity index (χ1v) is 9.87. The molecule has 0 aromatic carbocycles. The number of hydrogen-bond donors (Lipinski definition) is 1. The van der Waals surface area contributed by atoms with Gasteiger partial charge in [-0.3, -0.25) is 4.99 Å². The second kappa shape index (κ2) is 5.80. The lowest BCUT2D eigenvalue weighted by Gasteiger charge is -2.39. The van der Waals surface area contributed by atoms with Gasteiger partial charge in [0.2, 0.25) is 0 Å². The van der Waals surface area contributed by atoms with Gasteiger partial charge >= 0.3 is 0 Å². The van der Waals surface area contributed by atoms with Crippen LogP contribution in [0, 0.1) is 11.3 Å². The largest absolute Gasteiger partial charge is 0.382 e. The maximum Gasteiger partial charge on any atom is 0.164 e.